The van der Waals surface area contributed by atoms with E-state index in [9.17, 15) is 13.2 Å². The quantitative estimate of drug-likeness (QED) is 0.622. The molecule has 7 heteroatoms. The lowest BCUT2D eigenvalue weighted by Gasteiger charge is -2.24. The van der Waals surface area contributed by atoms with Gasteiger partial charge in [-0.15, -0.1) is 0 Å². The van der Waals surface area contributed by atoms with E-state index in [0.717, 1.165) is 12.0 Å². The van der Waals surface area contributed by atoms with Crippen LogP contribution >= 0.6 is 0 Å². The van der Waals surface area contributed by atoms with Gasteiger partial charge in [0.25, 0.3) is 0 Å². The second kappa shape index (κ2) is 10.5. The molecule has 0 aliphatic heterocycles. The van der Waals surface area contributed by atoms with Crippen LogP contribution in [0.5, 0.6) is 0 Å². The number of rotatable bonds is 10. The number of carbonyl (C=O) groups excluding carboxylic acids is 1. The molecule has 0 bridgehead atoms. The lowest BCUT2D eigenvalue weighted by molar-refractivity contribution is -0.121. The molecule has 0 spiro atoms. The minimum atomic E-state index is -3.63. The van der Waals surface area contributed by atoms with Crippen LogP contribution in [-0.2, 0) is 21.2 Å². The van der Waals surface area contributed by atoms with Crippen LogP contribution in [0.25, 0.3) is 0 Å². The van der Waals surface area contributed by atoms with Crippen LogP contribution in [0, 0.1) is 13.8 Å². The van der Waals surface area contributed by atoms with Crippen molar-refractivity contribution >= 4 is 15.9 Å². The summed E-state index contributed by atoms with van der Waals surface area (Å²) in [5.74, 6) is -0.173. The van der Waals surface area contributed by atoms with Crippen molar-refractivity contribution in [3.63, 3.8) is 0 Å². The third kappa shape index (κ3) is 7.27. The first-order valence-electron chi connectivity index (χ1n) is 9.73. The first-order chi connectivity index (χ1) is 13.7. The third-order valence-electron chi connectivity index (χ3n) is 4.86. The van der Waals surface area contributed by atoms with E-state index < -0.39 is 10.0 Å². The molecule has 1 amide bonds. The zero-order chi connectivity index (χ0) is 21.4. The van der Waals surface area contributed by atoms with Crippen LogP contribution in [0.1, 0.15) is 23.1 Å². The lowest BCUT2D eigenvalue weighted by atomic mass is 10.1. The summed E-state index contributed by atoms with van der Waals surface area (Å²) in [6, 6.07) is 15.6. The Balaban J connectivity index is 1.83. The minimum absolute atomic E-state index is 0.0624. The van der Waals surface area contributed by atoms with Crippen LogP contribution in [0.2, 0.25) is 0 Å². The second-order valence-electron chi connectivity index (χ2n) is 7.53. The molecule has 0 aliphatic carbocycles. The molecule has 29 heavy (non-hydrogen) atoms. The molecule has 6 nitrogen and oxygen atoms in total. The minimum Gasteiger partial charge on any atom is -0.354 e. The Bertz CT molecular complexity index is 912. The van der Waals surface area contributed by atoms with E-state index >= 15 is 0 Å². The number of nitrogens with one attached hydrogen (secondary N) is 2. The molecule has 0 heterocycles. The average molecular weight is 418 g/mol. The fourth-order valence-corrected chi connectivity index (χ4v) is 4.38. The Morgan fingerprint density at radius 1 is 1.07 bits per heavy atom. The number of likely N-dealkylation sites (N-methyl/N-ethyl adjacent to an activating group) is 1. The number of aryl methyl sites for hydroxylation is 2. The molecule has 0 saturated carbocycles. The van der Waals surface area contributed by atoms with Gasteiger partial charge in [0.05, 0.1) is 4.90 Å². The average Bonchev–Trinajstić information content (AvgIpc) is 2.67. The SMILES string of the molecule is Cc1ccc(C)c(S(=O)(=O)NCCC(=O)NCC(Cc2ccccc2)N(C)C)c1. The van der Waals surface area contributed by atoms with E-state index in [2.05, 4.69) is 27.1 Å². The highest BCUT2D eigenvalue weighted by Gasteiger charge is 2.18. The van der Waals surface area contributed by atoms with Gasteiger partial charge in [-0.1, -0.05) is 42.5 Å². The van der Waals surface area contributed by atoms with Crippen molar-refractivity contribution in [2.45, 2.75) is 37.6 Å². The highest BCUT2D eigenvalue weighted by molar-refractivity contribution is 7.89. The maximum absolute atomic E-state index is 12.5. The van der Waals surface area contributed by atoms with Crippen LogP contribution in [0.4, 0.5) is 0 Å². The predicted molar refractivity (Wildman–Crippen MR) is 116 cm³/mol. The largest absolute Gasteiger partial charge is 0.354 e. The molecule has 2 N–H and O–H groups in total. The molecule has 0 saturated heterocycles. The van der Waals surface area contributed by atoms with Gasteiger partial charge in [-0.05, 0) is 57.1 Å². The van der Waals surface area contributed by atoms with Gasteiger partial charge in [-0.2, -0.15) is 0 Å². The van der Waals surface area contributed by atoms with Gasteiger partial charge in [0.2, 0.25) is 15.9 Å². The van der Waals surface area contributed by atoms with Crippen LogP contribution < -0.4 is 10.0 Å². The molecule has 0 aliphatic rings. The summed E-state index contributed by atoms with van der Waals surface area (Å²) < 4.78 is 27.5. The van der Waals surface area contributed by atoms with Gasteiger partial charge in [0.1, 0.15) is 0 Å². The van der Waals surface area contributed by atoms with Crippen LogP contribution in [-0.4, -0.2) is 52.5 Å². The number of amides is 1. The molecular formula is C22H31N3O3S. The highest BCUT2D eigenvalue weighted by atomic mass is 32.2. The molecule has 0 fully saturated rings. The molecule has 158 valence electrons. The maximum atomic E-state index is 12.5. The van der Waals surface area contributed by atoms with E-state index in [0.29, 0.717) is 12.1 Å². The van der Waals surface area contributed by atoms with Crippen molar-refractivity contribution in [3.8, 4) is 0 Å². The van der Waals surface area contributed by atoms with Crippen molar-refractivity contribution in [1.82, 2.24) is 14.9 Å². The van der Waals surface area contributed by atoms with E-state index in [1.165, 1.54) is 5.56 Å². The first kappa shape index (κ1) is 23.1. The van der Waals surface area contributed by atoms with E-state index in [-0.39, 0.29) is 29.8 Å². The Labute approximate surface area is 174 Å². The molecule has 0 aromatic heterocycles. The molecule has 1 unspecified atom stereocenters. The van der Waals surface area contributed by atoms with Crippen molar-refractivity contribution in [1.29, 1.82) is 0 Å². The molecular weight excluding hydrogens is 386 g/mol. The molecule has 2 aromatic carbocycles. The summed E-state index contributed by atoms with van der Waals surface area (Å²) in [6.45, 7) is 4.18. The van der Waals surface area contributed by atoms with Crippen LogP contribution in [0.3, 0.4) is 0 Å². The Hall–Kier alpha value is -2.22. The van der Waals surface area contributed by atoms with Gasteiger partial charge in [0.15, 0.2) is 0 Å². The normalized spacial score (nSPS) is 12.7. The Morgan fingerprint density at radius 2 is 1.76 bits per heavy atom. The van der Waals surface area contributed by atoms with E-state index in [1.54, 1.807) is 19.1 Å². The number of benzene rings is 2. The number of nitrogens with zero attached hydrogens (tertiary/aromatic N) is 1. The fourth-order valence-electron chi connectivity index (χ4n) is 3.02. The topological polar surface area (TPSA) is 78.5 Å². The smallest absolute Gasteiger partial charge is 0.240 e. The number of hydrogen-bond acceptors (Lipinski definition) is 4. The monoisotopic (exact) mass is 417 g/mol. The van der Waals surface area contributed by atoms with Gasteiger partial charge >= 0.3 is 0 Å². The molecule has 0 radical (unpaired) electrons. The van der Waals surface area contributed by atoms with Crippen molar-refractivity contribution in [2.75, 3.05) is 27.2 Å². The molecule has 1 atom stereocenters. The zero-order valence-corrected chi connectivity index (χ0v) is 18.4. The van der Waals surface area contributed by atoms with Crippen molar-refractivity contribution < 1.29 is 13.2 Å². The number of sulfonamides is 1. The lowest BCUT2D eigenvalue weighted by Crippen LogP contribution is -2.42. The van der Waals surface area contributed by atoms with E-state index in [4.69, 9.17) is 0 Å². The highest BCUT2D eigenvalue weighted by Crippen LogP contribution is 2.16. The summed E-state index contributed by atoms with van der Waals surface area (Å²) in [5, 5.41) is 2.92. The van der Waals surface area contributed by atoms with Gasteiger partial charge in [0, 0.05) is 25.6 Å². The third-order valence-corrected chi connectivity index (χ3v) is 6.46. The summed E-state index contributed by atoms with van der Waals surface area (Å²) >= 11 is 0. The van der Waals surface area contributed by atoms with Crippen molar-refractivity contribution in [2.24, 2.45) is 0 Å². The predicted octanol–water partition coefficient (Wildman–Crippen LogP) is 2.26. The van der Waals surface area contributed by atoms with E-state index in [1.807, 2.05) is 45.3 Å². The molecule has 2 rings (SSSR count). The fraction of sp³-hybridized carbons (Fsp3) is 0.409. The number of carbonyl (C=O) groups is 1. The molecule has 2 aromatic rings. The summed E-state index contributed by atoms with van der Waals surface area (Å²) in [5.41, 5.74) is 2.77. The van der Waals surface area contributed by atoms with Gasteiger partial charge < -0.3 is 10.2 Å². The van der Waals surface area contributed by atoms with Crippen LogP contribution in [0.15, 0.2) is 53.4 Å². The first-order valence-corrected chi connectivity index (χ1v) is 11.2. The Kier molecular flexibility index (Phi) is 8.37. The summed E-state index contributed by atoms with van der Waals surface area (Å²) in [4.78, 5) is 14.5. The number of hydrogen-bond donors (Lipinski definition) is 2. The van der Waals surface area contributed by atoms with Gasteiger partial charge in [-0.25, -0.2) is 13.1 Å². The second-order valence-corrected chi connectivity index (χ2v) is 9.26. The summed E-state index contributed by atoms with van der Waals surface area (Å²) in [6.07, 6.45) is 0.920. The maximum Gasteiger partial charge on any atom is 0.240 e. The van der Waals surface area contributed by atoms with Gasteiger partial charge in [-0.3, -0.25) is 4.79 Å². The standard InChI is InChI=1S/C22H31N3O3S/c1-17-10-11-18(2)21(14-17)29(27,28)24-13-12-22(26)23-16-20(25(3)4)15-19-8-6-5-7-9-19/h5-11,14,20,24H,12-13,15-16H2,1-4H3,(H,23,26). The van der Waals surface area contributed by atoms with Crippen molar-refractivity contribution in [3.05, 3.63) is 65.2 Å². The Morgan fingerprint density at radius 3 is 2.41 bits per heavy atom. The zero-order valence-electron chi connectivity index (χ0n) is 17.6. The summed E-state index contributed by atoms with van der Waals surface area (Å²) in [7, 11) is 0.336.